The Kier molecular flexibility index (Phi) is 7.49. The second-order valence-corrected chi connectivity index (χ2v) is 11.1. The first kappa shape index (κ1) is 27.0. The fraction of sp³-hybridized carbons (Fsp3) is 0.467. The van der Waals surface area contributed by atoms with E-state index in [2.05, 4.69) is 27.8 Å². The van der Waals surface area contributed by atoms with Crippen LogP contribution in [0.2, 0.25) is 0 Å². The molecule has 1 N–H and O–H groups in total. The van der Waals surface area contributed by atoms with Crippen LogP contribution in [-0.4, -0.2) is 89.4 Å². The number of nitrogens with zero attached hydrogens (tertiary/aromatic N) is 7. The number of aromatic nitrogens is 2. The van der Waals surface area contributed by atoms with Crippen LogP contribution in [0.4, 0.5) is 20.7 Å². The molecule has 3 aliphatic heterocycles. The summed E-state index contributed by atoms with van der Waals surface area (Å²) in [5, 5.41) is 20.5. The summed E-state index contributed by atoms with van der Waals surface area (Å²) in [6.45, 7) is 3.75. The predicted molar refractivity (Wildman–Crippen MR) is 153 cm³/mol. The number of carbonyl (C=O) groups is 1. The lowest BCUT2D eigenvalue weighted by atomic mass is 10.0. The Bertz CT molecular complexity index is 1490. The number of likely N-dealkylation sites (tertiary alicyclic amines) is 1. The lowest BCUT2D eigenvalue weighted by molar-refractivity contribution is 0.119. The topological polar surface area (TPSA) is 109 Å². The first-order chi connectivity index (χ1) is 19.9. The van der Waals surface area contributed by atoms with Crippen LogP contribution in [0.5, 0.6) is 6.01 Å². The lowest BCUT2D eigenvalue weighted by Crippen LogP contribution is -2.55. The van der Waals surface area contributed by atoms with Crippen molar-refractivity contribution in [2.45, 2.75) is 44.3 Å². The molecule has 0 unspecified atom stereocenters. The van der Waals surface area contributed by atoms with E-state index in [0.717, 1.165) is 47.5 Å². The van der Waals surface area contributed by atoms with E-state index in [4.69, 9.17) is 14.7 Å². The summed E-state index contributed by atoms with van der Waals surface area (Å²) >= 11 is 0. The average Bonchev–Trinajstić information content (AvgIpc) is 3.39. The summed E-state index contributed by atoms with van der Waals surface area (Å²) in [6.07, 6.45) is 1.92. The molecule has 0 spiro atoms. The zero-order chi connectivity index (χ0) is 28.5. The molecule has 4 heterocycles. The molecule has 1 aromatic heterocycles. The Morgan fingerprint density at radius 3 is 2.71 bits per heavy atom. The SMILES string of the molecule is CN1CCC[C@H]1COc1nc2c(c(N3CCN(C(=O)O)[C@@H](CC#N)C3)n1)CCN(c1cccc3cccc(F)c13)C2. The molecule has 0 radical (unpaired) electrons. The van der Waals surface area contributed by atoms with Gasteiger partial charge in [0.1, 0.15) is 18.2 Å². The van der Waals surface area contributed by atoms with Crippen molar-refractivity contribution in [3.63, 3.8) is 0 Å². The smallest absolute Gasteiger partial charge is 0.407 e. The Hall–Kier alpha value is -4.17. The number of nitriles is 1. The van der Waals surface area contributed by atoms with Gasteiger partial charge in [-0.3, -0.25) is 0 Å². The van der Waals surface area contributed by atoms with E-state index in [1.165, 1.54) is 11.0 Å². The Morgan fingerprint density at radius 2 is 1.95 bits per heavy atom. The molecule has 2 saturated heterocycles. The first-order valence-corrected chi connectivity index (χ1v) is 14.2. The molecule has 6 rings (SSSR count). The highest BCUT2D eigenvalue weighted by Gasteiger charge is 2.34. The zero-order valence-corrected chi connectivity index (χ0v) is 23.2. The normalized spacial score (nSPS) is 21.1. The molecule has 11 heteroatoms. The maximum Gasteiger partial charge on any atom is 0.407 e. The van der Waals surface area contributed by atoms with Crippen LogP contribution in [-0.2, 0) is 13.0 Å². The Morgan fingerprint density at radius 1 is 1.12 bits per heavy atom. The van der Waals surface area contributed by atoms with Gasteiger partial charge < -0.3 is 29.4 Å². The highest BCUT2D eigenvalue weighted by atomic mass is 19.1. The van der Waals surface area contributed by atoms with Crippen LogP contribution in [0.1, 0.15) is 30.5 Å². The van der Waals surface area contributed by atoms with Crippen molar-refractivity contribution in [1.82, 2.24) is 19.8 Å². The van der Waals surface area contributed by atoms with Crippen molar-refractivity contribution < 1.29 is 19.0 Å². The number of halogens is 1. The third-order valence-electron chi connectivity index (χ3n) is 8.63. The number of rotatable bonds is 6. The van der Waals surface area contributed by atoms with Gasteiger partial charge in [-0.05, 0) is 50.4 Å². The van der Waals surface area contributed by atoms with Crippen molar-refractivity contribution in [1.29, 1.82) is 5.26 Å². The number of fused-ring (bicyclic) bond motifs is 2. The first-order valence-electron chi connectivity index (χ1n) is 14.2. The van der Waals surface area contributed by atoms with Gasteiger partial charge >= 0.3 is 12.1 Å². The highest BCUT2D eigenvalue weighted by Crippen LogP contribution is 2.35. The molecule has 3 aliphatic rings. The molecule has 0 bridgehead atoms. The molecule has 1 amide bonds. The quantitative estimate of drug-likeness (QED) is 0.481. The molecular weight excluding hydrogens is 525 g/mol. The van der Waals surface area contributed by atoms with E-state index in [0.29, 0.717) is 56.6 Å². The van der Waals surface area contributed by atoms with Crippen LogP contribution in [0.25, 0.3) is 10.8 Å². The highest BCUT2D eigenvalue weighted by molar-refractivity contribution is 5.95. The number of likely N-dealkylation sites (N-methyl/N-ethyl adjacent to an activating group) is 1. The van der Waals surface area contributed by atoms with Crippen LogP contribution in [0.15, 0.2) is 36.4 Å². The van der Waals surface area contributed by atoms with Crippen molar-refractivity contribution in [3.8, 4) is 12.1 Å². The molecular formula is C30H34FN7O3. The van der Waals surface area contributed by atoms with Gasteiger partial charge in [-0.2, -0.15) is 15.2 Å². The van der Waals surface area contributed by atoms with Crippen molar-refractivity contribution in [3.05, 3.63) is 53.5 Å². The number of anilines is 2. The standard InChI is InChI=1S/C30H34FN7O3/c1-35-13-4-7-22(35)19-41-29-33-25-18-36(26-9-3-6-20-5-2-8-24(31)27(20)26)14-11-23(25)28(34-29)37-15-16-38(30(39)40)21(17-37)10-12-32/h2-3,5-6,8-9,21-22H,4,7,10-11,13-19H2,1H3,(H,39,40)/t21-,22-/m0/s1. The Balaban J connectivity index is 1.34. The van der Waals surface area contributed by atoms with Gasteiger partial charge in [-0.1, -0.05) is 24.3 Å². The van der Waals surface area contributed by atoms with E-state index in [-0.39, 0.29) is 18.8 Å². The molecule has 10 nitrogen and oxygen atoms in total. The zero-order valence-electron chi connectivity index (χ0n) is 23.2. The van der Waals surface area contributed by atoms with Gasteiger partial charge in [0.2, 0.25) is 0 Å². The number of ether oxygens (including phenoxy) is 1. The summed E-state index contributed by atoms with van der Waals surface area (Å²) in [5.41, 5.74) is 2.64. The number of benzene rings is 2. The van der Waals surface area contributed by atoms with E-state index in [9.17, 15) is 19.6 Å². The van der Waals surface area contributed by atoms with Crippen molar-refractivity contribution >= 4 is 28.4 Å². The third kappa shape index (κ3) is 5.32. The van der Waals surface area contributed by atoms with Crippen LogP contribution < -0.4 is 14.5 Å². The van der Waals surface area contributed by atoms with E-state index in [1.54, 1.807) is 6.07 Å². The summed E-state index contributed by atoms with van der Waals surface area (Å²) in [4.78, 5) is 29.4. The number of piperazine rings is 1. The molecule has 0 aliphatic carbocycles. The molecule has 2 atom stereocenters. The van der Waals surface area contributed by atoms with Gasteiger partial charge in [0.25, 0.3) is 0 Å². The average molecular weight is 560 g/mol. The maximum atomic E-state index is 15.0. The van der Waals surface area contributed by atoms with Crippen LogP contribution >= 0.6 is 0 Å². The molecule has 3 aromatic rings. The molecule has 214 valence electrons. The van der Waals surface area contributed by atoms with Gasteiger partial charge in [0.05, 0.1) is 30.8 Å². The lowest BCUT2D eigenvalue weighted by Gasteiger charge is -2.41. The van der Waals surface area contributed by atoms with Crippen LogP contribution in [0.3, 0.4) is 0 Å². The summed E-state index contributed by atoms with van der Waals surface area (Å²) in [6, 6.07) is 13.2. The predicted octanol–water partition coefficient (Wildman–Crippen LogP) is 3.89. The number of carboxylic acid groups (broad SMARTS) is 1. The maximum absolute atomic E-state index is 15.0. The second kappa shape index (κ2) is 11.4. The largest absolute Gasteiger partial charge is 0.465 e. The molecule has 2 fully saturated rings. The van der Waals surface area contributed by atoms with Crippen molar-refractivity contribution in [2.24, 2.45) is 0 Å². The minimum Gasteiger partial charge on any atom is -0.465 e. The minimum absolute atomic E-state index is 0.105. The van der Waals surface area contributed by atoms with Crippen LogP contribution in [0, 0.1) is 17.1 Å². The van der Waals surface area contributed by atoms with E-state index in [1.807, 2.05) is 24.3 Å². The van der Waals surface area contributed by atoms with E-state index >= 15 is 0 Å². The fourth-order valence-electron chi connectivity index (χ4n) is 6.40. The van der Waals surface area contributed by atoms with Gasteiger partial charge in [-0.15, -0.1) is 0 Å². The number of amides is 1. The van der Waals surface area contributed by atoms with Crippen molar-refractivity contribution in [2.75, 3.05) is 56.2 Å². The summed E-state index contributed by atoms with van der Waals surface area (Å²) < 4.78 is 21.2. The number of hydrogen-bond acceptors (Lipinski definition) is 8. The fourth-order valence-corrected chi connectivity index (χ4v) is 6.40. The molecule has 2 aromatic carbocycles. The minimum atomic E-state index is -1.02. The van der Waals surface area contributed by atoms with E-state index < -0.39 is 12.1 Å². The Labute approximate surface area is 238 Å². The third-order valence-corrected chi connectivity index (χ3v) is 8.63. The molecule has 0 saturated carbocycles. The van der Waals surface area contributed by atoms with Gasteiger partial charge in [-0.25, -0.2) is 9.18 Å². The number of hydrogen-bond donors (Lipinski definition) is 1. The summed E-state index contributed by atoms with van der Waals surface area (Å²) in [5.74, 6) is 0.485. The van der Waals surface area contributed by atoms with Gasteiger partial charge in [0, 0.05) is 48.9 Å². The van der Waals surface area contributed by atoms with Gasteiger partial charge in [0.15, 0.2) is 0 Å². The second-order valence-electron chi connectivity index (χ2n) is 11.1. The monoisotopic (exact) mass is 559 g/mol. The summed E-state index contributed by atoms with van der Waals surface area (Å²) in [7, 11) is 2.10. The molecule has 41 heavy (non-hydrogen) atoms.